The van der Waals surface area contributed by atoms with Gasteiger partial charge in [-0.3, -0.25) is 0 Å². The Morgan fingerprint density at radius 1 is 1.06 bits per heavy atom. The topological polar surface area (TPSA) is 9.23 Å². The molecule has 0 aliphatic carbocycles. The van der Waals surface area contributed by atoms with Gasteiger partial charge in [-0.2, -0.15) is 13.2 Å². The van der Waals surface area contributed by atoms with Gasteiger partial charge in [-0.05, 0) is 23.7 Å². The summed E-state index contributed by atoms with van der Waals surface area (Å²) in [5.74, 6) is 0. The summed E-state index contributed by atoms with van der Waals surface area (Å²) in [5, 5.41) is 0. The Bertz CT molecular complexity index is 347. The summed E-state index contributed by atoms with van der Waals surface area (Å²) in [6.45, 7) is 2.73. The van der Waals surface area contributed by atoms with Gasteiger partial charge in [0.1, 0.15) is 6.61 Å². The Hall–Kier alpha value is -0.813. The fourth-order valence-electron chi connectivity index (χ4n) is 1.96. The molecule has 0 radical (unpaired) electrons. The van der Waals surface area contributed by atoms with Crippen LogP contribution in [0.15, 0.2) is 30.3 Å². The van der Waals surface area contributed by atoms with Crippen LogP contribution < -0.4 is 0 Å². The summed E-state index contributed by atoms with van der Waals surface area (Å²) in [6.07, 6.45) is -4.24. The summed E-state index contributed by atoms with van der Waals surface area (Å²) in [7, 11) is -2.31. The second-order valence-electron chi connectivity index (χ2n) is 4.46. The third-order valence-corrected chi connectivity index (χ3v) is 7.59. The Morgan fingerprint density at radius 3 is 2.06 bits per heavy atom. The van der Waals surface area contributed by atoms with E-state index in [2.05, 4.69) is 0 Å². The first-order chi connectivity index (χ1) is 8.41. The lowest BCUT2D eigenvalue weighted by atomic mass is 10.2. The van der Waals surface area contributed by atoms with E-state index in [1.807, 2.05) is 44.2 Å². The Kier molecular flexibility index (Phi) is 5.41. The Morgan fingerprint density at radius 2 is 1.61 bits per heavy atom. The van der Waals surface area contributed by atoms with Gasteiger partial charge in [0, 0.05) is 0 Å². The molecule has 0 aliphatic rings. The summed E-state index contributed by atoms with van der Waals surface area (Å²) in [6, 6.07) is 11.7. The lowest BCUT2D eigenvalue weighted by Crippen LogP contribution is -2.42. The van der Waals surface area contributed by atoms with Crippen LogP contribution in [0.3, 0.4) is 0 Å². The van der Waals surface area contributed by atoms with Crippen LogP contribution >= 0.6 is 0 Å². The van der Waals surface area contributed by atoms with Crippen molar-refractivity contribution in [1.29, 1.82) is 0 Å². The molecular formula is C13H19F3OSi. The number of hydrogen-bond acceptors (Lipinski definition) is 1. The minimum absolute atomic E-state index is 0.650. The van der Waals surface area contributed by atoms with Crippen molar-refractivity contribution in [2.75, 3.05) is 6.61 Å². The van der Waals surface area contributed by atoms with Gasteiger partial charge in [-0.15, -0.1) is 0 Å². The summed E-state index contributed by atoms with van der Waals surface area (Å²) >= 11 is 0. The van der Waals surface area contributed by atoms with Gasteiger partial charge in [0.25, 0.3) is 0 Å². The molecule has 0 aliphatic heterocycles. The first kappa shape index (κ1) is 15.2. The SMILES string of the molecule is CC[Si](CC)(Cc1ccccc1)OCC(F)(F)F. The smallest absolute Gasteiger partial charge is 0.407 e. The molecule has 5 heteroatoms. The molecule has 102 valence electrons. The van der Waals surface area contributed by atoms with Crippen molar-refractivity contribution in [2.45, 2.75) is 38.2 Å². The van der Waals surface area contributed by atoms with Crippen molar-refractivity contribution in [3.8, 4) is 0 Å². The number of hydrogen-bond donors (Lipinski definition) is 0. The van der Waals surface area contributed by atoms with Crippen LogP contribution in [0.1, 0.15) is 19.4 Å². The second-order valence-corrected chi connectivity index (χ2v) is 8.88. The van der Waals surface area contributed by atoms with Gasteiger partial charge in [0.2, 0.25) is 0 Å². The van der Waals surface area contributed by atoms with E-state index in [-0.39, 0.29) is 0 Å². The largest absolute Gasteiger partial charge is 0.410 e. The second kappa shape index (κ2) is 6.38. The van der Waals surface area contributed by atoms with Crippen molar-refractivity contribution in [3.63, 3.8) is 0 Å². The number of rotatable bonds is 6. The molecule has 0 unspecified atom stereocenters. The Balaban J connectivity index is 2.74. The minimum atomic E-state index is -4.24. The van der Waals surface area contributed by atoms with Crippen molar-refractivity contribution in [3.05, 3.63) is 35.9 Å². The van der Waals surface area contributed by atoms with E-state index in [1.54, 1.807) is 0 Å². The van der Waals surface area contributed by atoms with Crippen molar-refractivity contribution in [2.24, 2.45) is 0 Å². The van der Waals surface area contributed by atoms with Crippen molar-refractivity contribution in [1.82, 2.24) is 0 Å². The zero-order valence-corrected chi connectivity index (χ0v) is 11.8. The molecule has 0 amide bonds. The quantitative estimate of drug-likeness (QED) is 0.703. The predicted octanol–water partition coefficient (Wildman–Crippen LogP) is 4.33. The van der Waals surface area contributed by atoms with Gasteiger partial charge < -0.3 is 4.43 Å². The third kappa shape index (κ3) is 4.82. The highest BCUT2D eigenvalue weighted by atomic mass is 28.4. The van der Waals surface area contributed by atoms with Crippen LogP contribution in [-0.4, -0.2) is 21.1 Å². The molecule has 0 bridgehead atoms. The van der Waals surface area contributed by atoms with E-state index >= 15 is 0 Å². The molecule has 0 aromatic heterocycles. The van der Waals surface area contributed by atoms with Crippen molar-refractivity contribution >= 4 is 8.32 Å². The molecule has 0 atom stereocenters. The molecule has 1 aromatic carbocycles. The maximum atomic E-state index is 12.3. The molecule has 0 saturated carbocycles. The zero-order chi connectivity index (χ0) is 13.6. The molecule has 1 aromatic rings. The van der Waals surface area contributed by atoms with Crippen LogP contribution in [0, 0.1) is 0 Å². The van der Waals surface area contributed by atoms with Gasteiger partial charge in [-0.25, -0.2) is 0 Å². The van der Waals surface area contributed by atoms with Crippen LogP contribution in [0.5, 0.6) is 0 Å². The maximum Gasteiger partial charge on any atom is 0.410 e. The van der Waals surface area contributed by atoms with E-state index in [4.69, 9.17) is 4.43 Å². The predicted molar refractivity (Wildman–Crippen MR) is 68.9 cm³/mol. The van der Waals surface area contributed by atoms with Gasteiger partial charge in [0.05, 0.1) is 0 Å². The van der Waals surface area contributed by atoms with E-state index in [0.29, 0.717) is 18.1 Å². The summed E-state index contributed by atoms with van der Waals surface area (Å²) in [5.41, 5.74) is 1.06. The first-order valence-electron chi connectivity index (χ1n) is 6.15. The number of alkyl halides is 3. The Labute approximate surface area is 107 Å². The maximum absolute atomic E-state index is 12.3. The van der Waals surface area contributed by atoms with Crippen LogP contribution in [0.2, 0.25) is 12.1 Å². The van der Waals surface area contributed by atoms with Crippen LogP contribution in [-0.2, 0) is 10.5 Å². The van der Waals surface area contributed by atoms with Gasteiger partial charge in [0.15, 0.2) is 8.32 Å². The number of benzene rings is 1. The van der Waals surface area contributed by atoms with E-state index in [0.717, 1.165) is 5.56 Å². The molecule has 1 rings (SSSR count). The molecular weight excluding hydrogens is 257 g/mol. The highest BCUT2D eigenvalue weighted by molar-refractivity contribution is 6.73. The van der Waals surface area contributed by atoms with Crippen LogP contribution in [0.25, 0.3) is 0 Å². The first-order valence-corrected chi connectivity index (χ1v) is 8.68. The average molecular weight is 276 g/mol. The lowest BCUT2D eigenvalue weighted by Gasteiger charge is -2.30. The van der Waals surface area contributed by atoms with E-state index < -0.39 is 21.1 Å². The minimum Gasteiger partial charge on any atom is -0.407 e. The molecule has 18 heavy (non-hydrogen) atoms. The normalized spacial score (nSPS) is 12.7. The average Bonchev–Trinajstić information content (AvgIpc) is 2.35. The van der Waals surface area contributed by atoms with E-state index in [9.17, 15) is 13.2 Å². The number of halogens is 3. The standard InChI is InChI=1S/C13H19F3OSi/c1-3-18(4-2,17-11-13(14,15)16)10-12-8-6-5-7-9-12/h5-9H,3-4,10-11H2,1-2H3. The van der Waals surface area contributed by atoms with Gasteiger partial charge >= 0.3 is 6.18 Å². The van der Waals surface area contributed by atoms with Gasteiger partial charge in [-0.1, -0.05) is 44.2 Å². The molecule has 0 saturated heterocycles. The fraction of sp³-hybridized carbons (Fsp3) is 0.538. The summed E-state index contributed by atoms with van der Waals surface area (Å²) < 4.78 is 42.2. The fourth-order valence-corrected chi connectivity index (χ4v) is 4.92. The highest BCUT2D eigenvalue weighted by Gasteiger charge is 2.37. The molecule has 0 fully saturated rings. The lowest BCUT2D eigenvalue weighted by molar-refractivity contribution is -0.155. The monoisotopic (exact) mass is 276 g/mol. The van der Waals surface area contributed by atoms with E-state index in [1.165, 1.54) is 0 Å². The third-order valence-electron chi connectivity index (χ3n) is 3.20. The summed E-state index contributed by atoms with van der Waals surface area (Å²) in [4.78, 5) is 0. The highest BCUT2D eigenvalue weighted by Crippen LogP contribution is 2.25. The van der Waals surface area contributed by atoms with Crippen LogP contribution in [0.4, 0.5) is 13.2 Å². The molecule has 0 heterocycles. The molecule has 0 N–H and O–H groups in total. The zero-order valence-electron chi connectivity index (χ0n) is 10.8. The molecule has 1 nitrogen and oxygen atoms in total. The molecule has 0 spiro atoms. The van der Waals surface area contributed by atoms with Crippen molar-refractivity contribution < 1.29 is 17.6 Å².